The van der Waals surface area contributed by atoms with E-state index in [0.717, 1.165) is 30.6 Å². The smallest absolute Gasteiger partial charge is 0.269 e. The summed E-state index contributed by atoms with van der Waals surface area (Å²) in [7, 11) is 3.21. The van der Waals surface area contributed by atoms with Crippen LogP contribution >= 0.6 is 0 Å². The summed E-state index contributed by atoms with van der Waals surface area (Å²) in [4.78, 5) is 16.3. The van der Waals surface area contributed by atoms with Crippen molar-refractivity contribution in [1.82, 2.24) is 10.3 Å². The summed E-state index contributed by atoms with van der Waals surface area (Å²) in [6.45, 7) is 2.80. The van der Waals surface area contributed by atoms with Crippen molar-refractivity contribution in [3.05, 3.63) is 42.2 Å². The van der Waals surface area contributed by atoms with Gasteiger partial charge in [-0.1, -0.05) is 19.8 Å². The number of anilines is 2. The zero-order valence-corrected chi connectivity index (χ0v) is 15.0. The second kappa shape index (κ2) is 9.52. The monoisotopic (exact) mass is 343 g/mol. The van der Waals surface area contributed by atoms with Crippen molar-refractivity contribution in [2.75, 3.05) is 26.1 Å². The lowest BCUT2D eigenvalue weighted by Crippen LogP contribution is -2.25. The number of carbonyl (C=O) groups is 1. The van der Waals surface area contributed by atoms with E-state index in [2.05, 4.69) is 22.5 Å². The minimum absolute atomic E-state index is 0.165. The van der Waals surface area contributed by atoms with Crippen molar-refractivity contribution in [2.24, 2.45) is 0 Å². The molecule has 0 aliphatic heterocycles. The molecule has 0 bridgehead atoms. The first-order valence-corrected chi connectivity index (χ1v) is 8.41. The fourth-order valence-corrected chi connectivity index (χ4v) is 2.36. The van der Waals surface area contributed by atoms with Gasteiger partial charge in [-0.2, -0.15) is 0 Å². The number of aromatic nitrogens is 1. The van der Waals surface area contributed by atoms with Crippen LogP contribution in [0.15, 0.2) is 36.5 Å². The van der Waals surface area contributed by atoms with E-state index in [4.69, 9.17) is 9.47 Å². The molecule has 0 atom stereocenters. The molecular weight excluding hydrogens is 318 g/mol. The van der Waals surface area contributed by atoms with Crippen LogP contribution in [-0.4, -0.2) is 31.7 Å². The van der Waals surface area contributed by atoms with Crippen LogP contribution in [-0.2, 0) is 0 Å². The van der Waals surface area contributed by atoms with Crippen LogP contribution in [0, 0.1) is 0 Å². The van der Waals surface area contributed by atoms with Gasteiger partial charge >= 0.3 is 0 Å². The van der Waals surface area contributed by atoms with Crippen molar-refractivity contribution in [2.45, 2.75) is 26.2 Å². The van der Waals surface area contributed by atoms with Gasteiger partial charge in [-0.3, -0.25) is 9.78 Å². The second-order valence-corrected chi connectivity index (χ2v) is 5.58. The molecule has 2 N–H and O–H groups in total. The van der Waals surface area contributed by atoms with Crippen LogP contribution in [0.3, 0.4) is 0 Å². The molecule has 0 spiro atoms. The Morgan fingerprint density at radius 1 is 1.12 bits per heavy atom. The first-order chi connectivity index (χ1) is 12.2. The van der Waals surface area contributed by atoms with E-state index in [1.54, 1.807) is 38.6 Å². The molecule has 2 rings (SSSR count). The van der Waals surface area contributed by atoms with E-state index < -0.39 is 0 Å². The standard InChI is InChI=1S/C19H25N3O3/c1-4-5-6-10-21-19(23)17-12-14(9-11-20-17)22-16-8-7-15(24-2)13-18(16)25-3/h7-9,11-13H,4-6,10H2,1-3H3,(H,20,22)(H,21,23). The summed E-state index contributed by atoms with van der Waals surface area (Å²) >= 11 is 0. The molecule has 1 amide bonds. The predicted molar refractivity (Wildman–Crippen MR) is 98.9 cm³/mol. The van der Waals surface area contributed by atoms with Gasteiger partial charge in [-0.05, 0) is 30.7 Å². The molecule has 6 nitrogen and oxygen atoms in total. The number of pyridine rings is 1. The van der Waals surface area contributed by atoms with Crippen molar-refractivity contribution < 1.29 is 14.3 Å². The van der Waals surface area contributed by atoms with E-state index in [9.17, 15) is 4.79 Å². The molecule has 1 aromatic carbocycles. The molecule has 2 aromatic rings. The molecule has 25 heavy (non-hydrogen) atoms. The second-order valence-electron chi connectivity index (χ2n) is 5.58. The zero-order chi connectivity index (χ0) is 18.1. The Morgan fingerprint density at radius 3 is 2.68 bits per heavy atom. The van der Waals surface area contributed by atoms with Crippen molar-refractivity contribution in [3.63, 3.8) is 0 Å². The lowest BCUT2D eigenvalue weighted by Gasteiger charge is -2.13. The van der Waals surface area contributed by atoms with Crippen LogP contribution in [0.4, 0.5) is 11.4 Å². The maximum Gasteiger partial charge on any atom is 0.269 e. The van der Waals surface area contributed by atoms with Gasteiger partial charge in [-0.15, -0.1) is 0 Å². The molecule has 1 aromatic heterocycles. The number of amides is 1. The Morgan fingerprint density at radius 2 is 1.96 bits per heavy atom. The highest BCUT2D eigenvalue weighted by Gasteiger charge is 2.09. The normalized spacial score (nSPS) is 10.2. The van der Waals surface area contributed by atoms with Gasteiger partial charge in [0.15, 0.2) is 0 Å². The van der Waals surface area contributed by atoms with Crippen LogP contribution in [0.1, 0.15) is 36.7 Å². The van der Waals surface area contributed by atoms with E-state index in [0.29, 0.717) is 23.7 Å². The third-order valence-corrected chi connectivity index (χ3v) is 3.75. The maximum atomic E-state index is 12.2. The van der Waals surface area contributed by atoms with Crippen LogP contribution in [0.25, 0.3) is 0 Å². The molecule has 134 valence electrons. The summed E-state index contributed by atoms with van der Waals surface area (Å²) in [6.07, 6.45) is 4.81. The summed E-state index contributed by atoms with van der Waals surface area (Å²) in [5.74, 6) is 1.20. The number of carbonyl (C=O) groups excluding carboxylic acids is 1. The third kappa shape index (κ3) is 5.38. The molecule has 0 aliphatic carbocycles. The minimum Gasteiger partial charge on any atom is -0.497 e. The van der Waals surface area contributed by atoms with Gasteiger partial charge < -0.3 is 20.1 Å². The number of hydrogen-bond donors (Lipinski definition) is 2. The van der Waals surface area contributed by atoms with Gasteiger partial charge in [0.2, 0.25) is 0 Å². The fourth-order valence-electron chi connectivity index (χ4n) is 2.36. The molecule has 0 radical (unpaired) electrons. The summed E-state index contributed by atoms with van der Waals surface area (Å²) in [6, 6.07) is 9.03. The van der Waals surface area contributed by atoms with Crippen molar-refractivity contribution >= 4 is 17.3 Å². The van der Waals surface area contributed by atoms with E-state index in [1.165, 1.54) is 0 Å². The molecule has 0 fully saturated rings. The highest BCUT2D eigenvalue weighted by molar-refractivity contribution is 5.93. The van der Waals surface area contributed by atoms with Crippen molar-refractivity contribution in [1.29, 1.82) is 0 Å². The molecule has 6 heteroatoms. The van der Waals surface area contributed by atoms with E-state index in [-0.39, 0.29) is 5.91 Å². The third-order valence-electron chi connectivity index (χ3n) is 3.75. The van der Waals surface area contributed by atoms with Crippen LogP contribution in [0.5, 0.6) is 11.5 Å². The minimum atomic E-state index is -0.165. The number of nitrogens with one attached hydrogen (secondary N) is 2. The van der Waals surface area contributed by atoms with Gasteiger partial charge in [0.1, 0.15) is 17.2 Å². The molecular formula is C19H25N3O3. The quantitative estimate of drug-likeness (QED) is 0.678. The molecule has 1 heterocycles. The number of unbranched alkanes of at least 4 members (excludes halogenated alkanes) is 2. The summed E-state index contributed by atoms with van der Waals surface area (Å²) in [5, 5.41) is 6.14. The number of rotatable bonds is 9. The zero-order valence-electron chi connectivity index (χ0n) is 15.0. The first-order valence-electron chi connectivity index (χ1n) is 8.41. The highest BCUT2D eigenvalue weighted by atomic mass is 16.5. The maximum absolute atomic E-state index is 12.2. The largest absolute Gasteiger partial charge is 0.497 e. The highest BCUT2D eigenvalue weighted by Crippen LogP contribution is 2.31. The Kier molecular flexibility index (Phi) is 7.07. The Balaban J connectivity index is 2.07. The number of benzene rings is 1. The molecule has 0 aliphatic rings. The van der Waals surface area contributed by atoms with Gasteiger partial charge in [-0.25, -0.2) is 0 Å². The Bertz CT molecular complexity index is 704. The number of ether oxygens (including phenoxy) is 2. The molecule has 0 saturated heterocycles. The Labute approximate surface area is 148 Å². The average molecular weight is 343 g/mol. The average Bonchev–Trinajstić information content (AvgIpc) is 2.65. The van der Waals surface area contributed by atoms with Crippen molar-refractivity contribution in [3.8, 4) is 11.5 Å². The fraction of sp³-hybridized carbons (Fsp3) is 0.368. The number of methoxy groups -OCH3 is 2. The Hall–Kier alpha value is -2.76. The van der Waals surface area contributed by atoms with E-state index >= 15 is 0 Å². The van der Waals surface area contributed by atoms with Gasteiger partial charge in [0.25, 0.3) is 5.91 Å². The predicted octanol–water partition coefficient (Wildman–Crippen LogP) is 3.76. The van der Waals surface area contributed by atoms with Crippen LogP contribution < -0.4 is 20.1 Å². The van der Waals surface area contributed by atoms with Gasteiger partial charge in [0.05, 0.1) is 19.9 Å². The number of hydrogen-bond acceptors (Lipinski definition) is 5. The lowest BCUT2D eigenvalue weighted by molar-refractivity contribution is 0.0948. The van der Waals surface area contributed by atoms with Crippen LogP contribution in [0.2, 0.25) is 0 Å². The number of nitrogens with zero attached hydrogens (tertiary/aromatic N) is 1. The lowest BCUT2D eigenvalue weighted by atomic mass is 10.2. The first kappa shape index (κ1) is 18.6. The summed E-state index contributed by atoms with van der Waals surface area (Å²) < 4.78 is 10.6. The molecule has 0 saturated carbocycles. The SMILES string of the molecule is CCCCCNC(=O)c1cc(Nc2ccc(OC)cc2OC)ccn1. The summed E-state index contributed by atoms with van der Waals surface area (Å²) in [5.41, 5.74) is 1.93. The molecule has 0 unspecified atom stereocenters. The van der Waals surface area contributed by atoms with Gasteiger partial charge in [0, 0.05) is 24.5 Å². The van der Waals surface area contributed by atoms with E-state index in [1.807, 2.05) is 12.1 Å². The topological polar surface area (TPSA) is 72.5 Å².